The van der Waals surface area contributed by atoms with Crippen LogP contribution >= 0.6 is 0 Å². The van der Waals surface area contributed by atoms with Gasteiger partial charge in [0.15, 0.2) is 0 Å². The van der Waals surface area contributed by atoms with Crippen molar-refractivity contribution in [1.82, 2.24) is 20.0 Å². The predicted octanol–water partition coefficient (Wildman–Crippen LogP) is 3.38. The fourth-order valence-electron chi connectivity index (χ4n) is 3.87. The van der Waals surface area contributed by atoms with Crippen LogP contribution in [0.2, 0.25) is 0 Å². The highest BCUT2D eigenvalue weighted by atomic mass is 16.5. The van der Waals surface area contributed by atoms with Gasteiger partial charge in [-0.2, -0.15) is 5.10 Å². The van der Waals surface area contributed by atoms with Crippen LogP contribution in [-0.4, -0.2) is 61.0 Å². The van der Waals surface area contributed by atoms with Crippen LogP contribution in [0.15, 0.2) is 54.6 Å². The van der Waals surface area contributed by atoms with Crippen LogP contribution in [0.1, 0.15) is 23.3 Å². The van der Waals surface area contributed by atoms with Gasteiger partial charge in [0.25, 0.3) is 5.91 Å². The smallest absolute Gasteiger partial charge is 0.270 e. The maximum atomic E-state index is 13.1. The first-order valence-electron chi connectivity index (χ1n) is 10.6. The summed E-state index contributed by atoms with van der Waals surface area (Å²) in [6.07, 6.45) is 2.48. The Balaban J connectivity index is 1.64. The molecule has 1 aliphatic rings. The number of carbonyl (C=O) groups is 1. The molecule has 1 aliphatic heterocycles. The molecule has 0 saturated carbocycles. The minimum absolute atomic E-state index is 0.144. The minimum atomic E-state index is -0.144. The maximum Gasteiger partial charge on any atom is 0.270 e. The van der Waals surface area contributed by atoms with E-state index >= 15 is 0 Å². The van der Waals surface area contributed by atoms with Crippen LogP contribution in [0.3, 0.4) is 0 Å². The first-order chi connectivity index (χ1) is 15.2. The Kier molecular flexibility index (Phi) is 6.52. The zero-order chi connectivity index (χ0) is 21.6. The van der Waals surface area contributed by atoms with Crippen molar-refractivity contribution in [1.29, 1.82) is 0 Å². The number of likely N-dealkylation sites (tertiary alicyclic amines) is 1. The Morgan fingerprint density at radius 1 is 1.03 bits per heavy atom. The number of hydrogen-bond donors (Lipinski definition) is 1. The van der Waals surface area contributed by atoms with E-state index < -0.39 is 0 Å². The van der Waals surface area contributed by atoms with Crippen molar-refractivity contribution in [3.8, 4) is 28.4 Å². The molecule has 1 saturated heterocycles. The molecule has 31 heavy (non-hydrogen) atoms. The van der Waals surface area contributed by atoms with Crippen LogP contribution in [0.25, 0.3) is 16.9 Å². The second kappa shape index (κ2) is 9.66. The summed E-state index contributed by atoms with van der Waals surface area (Å²) in [7, 11) is 3.22. The Morgan fingerprint density at radius 2 is 1.81 bits per heavy atom. The average molecular weight is 421 g/mol. The number of ether oxygens (including phenoxy) is 2. The van der Waals surface area contributed by atoms with E-state index in [1.54, 1.807) is 18.9 Å². The van der Waals surface area contributed by atoms with Crippen LogP contribution in [0.5, 0.6) is 11.5 Å². The largest absolute Gasteiger partial charge is 0.497 e. The summed E-state index contributed by atoms with van der Waals surface area (Å²) in [5.74, 6) is 1.19. The lowest BCUT2D eigenvalue weighted by atomic mass is 10.1. The molecule has 0 bridgehead atoms. The highest BCUT2D eigenvalue weighted by Crippen LogP contribution is 2.33. The van der Waals surface area contributed by atoms with Gasteiger partial charge in [0, 0.05) is 24.7 Å². The number of rotatable bonds is 8. The van der Waals surface area contributed by atoms with E-state index in [1.807, 2.05) is 54.6 Å². The van der Waals surface area contributed by atoms with Crippen molar-refractivity contribution in [2.24, 2.45) is 0 Å². The summed E-state index contributed by atoms with van der Waals surface area (Å²) in [6.45, 7) is 3.70. The highest BCUT2D eigenvalue weighted by Gasteiger charge is 2.20. The lowest BCUT2D eigenvalue weighted by Crippen LogP contribution is -2.34. The third kappa shape index (κ3) is 4.72. The fraction of sp³-hybridized carbons (Fsp3) is 0.333. The van der Waals surface area contributed by atoms with Crippen molar-refractivity contribution in [2.45, 2.75) is 12.8 Å². The minimum Gasteiger partial charge on any atom is -0.497 e. The van der Waals surface area contributed by atoms with Crippen molar-refractivity contribution in [2.75, 3.05) is 40.4 Å². The standard InChI is InChI=1S/C24H28N4O3/c1-30-19-10-11-20(23(16-19)31-2)21-17-22(28(26-21)18-8-4-3-5-9-18)24(29)25-12-15-27-13-6-7-14-27/h3-5,8-11,16-17H,6-7,12-15H2,1-2H3,(H,25,29). The van der Waals surface area contributed by atoms with Crippen molar-refractivity contribution in [3.63, 3.8) is 0 Å². The normalized spacial score (nSPS) is 13.9. The van der Waals surface area contributed by atoms with Crippen LogP contribution in [0, 0.1) is 0 Å². The van der Waals surface area contributed by atoms with E-state index in [-0.39, 0.29) is 5.91 Å². The second-order valence-electron chi connectivity index (χ2n) is 7.53. The van der Waals surface area contributed by atoms with Gasteiger partial charge >= 0.3 is 0 Å². The molecule has 162 valence electrons. The predicted molar refractivity (Wildman–Crippen MR) is 120 cm³/mol. The van der Waals surface area contributed by atoms with Gasteiger partial charge in [0.2, 0.25) is 0 Å². The van der Waals surface area contributed by atoms with Gasteiger partial charge in [-0.25, -0.2) is 4.68 Å². The molecule has 7 nitrogen and oxygen atoms in total. The summed E-state index contributed by atoms with van der Waals surface area (Å²) in [5, 5.41) is 7.80. The Morgan fingerprint density at radius 3 is 2.52 bits per heavy atom. The van der Waals surface area contributed by atoms with Crippen molar-refractivity contribution in [3.05, 3.63) is 60.3 Å². The van der Waals surface area contributed by atoms with Crippen molar-refractivity contribution >= 4 is 5.91 Å². The number of benzene rings is 2. The number of hydrogen-bond acceptors (Lipinski definition) is 5. The van der Waals surface area contributed by atoms with Gasteiger partial charge in [-0.05, 0) is 56.3 Å². The third-order valence-corrected chi connectivity index (χ3v) is 5.54. The lowest BCUT2D eigenvalue weighted by Gasteiger charge is -2.15. The highest BCUT2D eigenvalue weighted by molar-refractivity contribution is 5.94. The summed E-state index contributed by atoms with van der Waals surface area (Å²) in [6, 6.07) is 17.0. The molecule has 0 radical (unpaired) electrons. The Labute approximate surface area is 182 Å². The Bertz CT molecular complexity index is 1030. The average Bonchev–Trinajstić information content (AvgIpc) is 3.49. The third-order valence-electron chi connectivity index (χ3n) is 5.54. The SMILES string of the molecule is COc1ccc(-c2cc(C(=O)NCCN3CCCC3)n(-c3ccccc3)n2)c(OC)c1. The first kappa shape index (κ1) is 20.9. The molecule has 1 fully saturated rings. The molecular weight excluding hydrogens is 392 g/mol. The lowest BCUT2D eigenvalue weighted by molar-refractivity contribution is 0.0942. The summed E-state index contributed by atoms with van der Waals surface area (Å²) in [4.78, 5) is 15.4. The van der Waals surface area contributed by atoms with Crippen molar-refractivity contribution < 1.29 is 14.3 Å². The van der Waals surface area contributed by atoms with E-state index in [0.29, 0.717) is 29.4 Å². The van der Waals surface area contributed by atoms with E-state index in [2.05, 4.69) is 10.2 Å². The monoisotopic (exact) mass is 420 g/mol. The maximum absolute atomic E-state index is 13.1. The zero-order valence-corrected chi connectivity index (χ0v) is 18.0. The molecule has 0 aliphatic carbocycles. The topological polar surface area (TPSA) is 68.6 Å². The van der Waals surface area contributed by atoms with Gasteiger partial charge < -0.3 is 19.7 Å². The second-order valence-corrected chi connectivity index (χ2v) is 7.53. The molecule has 1 aromatic heterocycles. The molecule has 3 aromatic rings. The van der Waals surface area contributed by atoms with E-state index in [0.717, 1.165) is 30.9 Å². The molecule has 2 heterocycles. The number of methoxy groups -OCH3 is 2. The van der Waals surface area contributed by atoms with Crippen LogP contribution < -0.4 is 14.8 Å². The fourth-order valence-corrected chi connectivity index (χ4v) is 3.87. The molecule has 7 heteroatoms. The number of nitrogens with one attached hydrogen (secondary N) is 1. The van der Waals surface area contributed by atoms with Gasteiger partial charge in [-0.1, -0.05) is 18.2 Å². The van der Waals surface area contributed by atoms with E-state index in [4.69, 9.17) is 14.6 Å². The number of carbonyl (C=O) groups excluding carboxylic acids is 1. The molecule has 0 atom stereocenters. The number of nitrogens with zero attached hydrogens (tertiary/aromatic N) is 3. The molecule has 4 rings (SSSR count). The number of para-hydroxylation sites is 1. The Hall–Kier alpha value is -3.32. The molecule has 1 amide bonds. The van der Waals surface area contributed by atoms with E-state index in [1.165, 1.54) is 12.8 Å². The molecule has 0 spiro atoms. The summed E-state index contributed by atoms with van der Waals surface area (Å²) >= 11 is 0. The van der Waals surface area contributed by atoms with Gasteiger partial charge in [0.1, 0.15) is 17.2 Å². The molecule has 1 N–H and O–H groups in total. The summed E-state index contributed by atoms with van der Waals surface area (Å²) < 4.78 is 12.5. The van der Waals surface area contributed by atoms with Gasteiger partial charge in [-0.3, -0.25) is 4.79 Å². The van der Waals surface area contributed by atoms with Gasteiger partial charge in [-0.15, -0.1) is 0 Å². The first-order valence-corrected chi connectivity index (χ1v) is 10.6. The van der Waals surface area contributed by atoms with Crippen LogP contribution in [-0.2, 0) is 0 Å². The summed E-state index contributed by atoms with van der Waals surface area (Å²) in [5.41, 5.74) is 2.77. The quantitative estimate of drug-likeness (QED) is 0.605. The molecule has 2 aromatic carbocycles. The van der Waals surface area contributed by atoms with Gasteiger partial charge in [0.05, 0.1) is 25.6 Å². The number of aromatic nitrogens is 2. The number of amides is 1. The van der Waals surface area contributed by atoms with E-state index in [9.17, 15) is 4.79 Å². The van der Waals surface area contributed by atoms with Crippen LogP contribution in [0.4, 0.5) is 0 Å². The molecule has 0 unspecified atom stereocenters. The zero-order valence-electron chi connectivity index (χ0n) is 18.0. The molecular formula is C24H28N4O3.